The molecule has 6 heteroatoms. The van der Waals surface area contributed by atoms with E-state index in [-0.39, 0.29) is 11.5 Å². The molecule has 0 radical (unpaired) electrons. The highest BCUT2D eigenvalue weighted by Gasteiger charge is 2.59. The zero-order valence-electron chi connectivity index (χ0n) is 26.7. The van der Waals surface area contributed by atoms with Crippen molar-refractivity contribution in [1.82, 2.24) is 0 Å². The van der Waals surface area contributed by atoms with Crippen LogP contribution in [-0.4, -0.2) is 63.8 Å². The van der Waals surface area contributed by atoms with Gasteiger partial charge in [0.15, 0.2) is 6.29 Å². The van der Waals surface area contributed by atoms with Crippen LogP contribution in [0.15, 0.2) is 11.6 Å². The van der Waals surface area contributed by atoms with Gasteiger partial charge in [0.2, 0.25) is 0 Å². The van der Waals surface area contributed by atoms with E-state index in [9.17, 15) is 20.4 Å². The van der Waals surface area contributed by atoms with Crippen molar-refractivity contribution in [3.05, 3.63) is 11.6 Å². The van der Waals surface area contributed by atoms with E-state index in [4.69, 9.17) is 9.47 Å². The summed E-state index contributed by atoms with van der Waals surface area (Å²) in [7, 11) is 0. The van der Waals surface area contributed by atoms with Crippen LogP contribution in [-0.2, 0) is 9.47 Å². The van der Waals surface area contributed by atoms with Crippen molar-refractivity contribution in [2.75, 3.05) is 6.61 Å². The van der Waals surface area contributed by atoms with Crippen molar-refractivity contribution >= 4 is 0 Å². The van der Waals surface area contributed by atoms with Gasteiger partial charge in [0.25, 0.3) is 0 Å². The van der Waals surface area contributed by atoms with Crippen LogP contribution in [0.2, 0.25) is 0 Å². The maximum Gasteiger partial charge on any atom is 0.186 e. The average Bonchev–Trinajstić information content (AvgIpc) is 3.30. The van der Waals surface area contributed by atoms with Crippen molar-refractivity contribution < 1.29 is 29.9 Å². The van der Waals surface area contributed by atoms with Gasteiger partial charge in [0.05, 0.1) is 12.7 Å². The molecule has 1 heterocycles. The molecule has 14 atom stereocenters. The lowest BCUT2D eigenvalue weighted by Gasteiger charge is -2.58. The minimum absolute atomic E-state index is 0.101. The third-order valence-electron chi connectivity index (χ3n) is 13.5. The topological polar surface area (TPSA) is 99.4 Å². The molecule has 0 aromatic heterocycles. The normalized spacial score (nSPS) is 47.7. The molecular weight excluding hydrogens is 516 g/mol. The molecule has 6 nitrogen and oxygen atoms in total. The fourth-order valence-electron chi connectivity index (χ4n) is 10.8. The van der Waals surface area contributed by atoms with E-state index in [1.807, 2.05) is 0 Å². The van der Waals surface area contributed by atoms with Crippen molar-refractivity contribution in [3.8, 4) is 0 Å². The fraction of sp³-hybridized carbons (Fsp3) is 0.943. The minimum Gasteiger partial charge on any atom is -0.394 e. The summed E-state index contributed by atoms with van der Waals surface area (Å²) in [6.07, 6.45) is 9.92. The van der Waals surface area contributed by atoms with Crippen molar-refractivity contribution in [2.24, 2.45) is 52.3 Å². The van der Waals surface area contributed by atoms with Gasteiger partial charge in [-0.05, 0) is 110 Å². The van der Waals surface area contributed by atoms with E-state index in [0.717, 1.165) is 60.7 Å². The second-order valence-corrected chi connectivity index (χ2v) is 15.7. The Morgan fingerprint density at radius 2 is 1.71 bits per heavy atom. The number of hydrogen-bond donors (Lipinski definition) is 4. The number of allylic oxidation sites excluding steroid dienone is 1. The Balaban J connectivity index is 1.24. The van der Waals surface area contributed by atoms with Crippen molar-refractivity contribution in [2.45, 2.75) is 149 Å². The highest BCUT2D eigenvalue weighted by atomic mass is 16.7. The molecule has 41 heavy (non-hydrogen) atoms. The lowest BCUT2D eigenvalue weighted by Crippen LogP contribution is -2.60. The molecule has 4 aliphatic carbocycles. The van der Waals surface area contributed by atoms with Gasteiger partial charge >= 0.3 is 0 Å². The Kier molecular flexibility index (Phi) is 9.71. The number of rotatable bonds is 9. The first kappa shape index (κ1) is 31.9. The van der Waals surface area contributed by atoms with Gasteiger partial charge in [-0.15, -0.1) is 0 Å². The summed E-state index contributed by atoms with van der Waals surface area (Å²) in [5.41, 5.74) is 2.19. The number of aliphatic hydroxyl groups is 4. The Morgan fingerprint density at radius 1 is 0.951 bits per heavy atom. The third-order valence-corrected chi connectivity index (χ3v) is 13.5. The average molecular weight is 577 g/mol. The highest BCUT2D eigenvalue weighted by molar-refractivity contribution is 5.25. The fourth-order valence-corrected chi connectivity index (χ4v) is 10.8. The van der Waals surface area contributed by atoms with E-state index >= 15 is 0 Å². The summed E-state index contributed by atoms with van der Waals surface area (Å²) < 4.78 is 11.9. The summed E-state index contributed by atoms with van der Waals surface area (Å²) in [5.74, 6) is 5.66. The summed E-state index contributed by atoms with van der Waals surface area (Å²) in [6, 6.07) is 0. The molecular formula is C35H60O6. The van der Waals surface area contributed by atoms with E-state index in [1.165, 1.54) is 56.9 Å². The van der Waals surface area contributed by atoms with Crippen LogP contribution >= 0.6 is 0 Å². The smallest absolute Gasteiger partial charge is 0.186 e. The molecule has 0 amide bonds. The maximum absolute atomic E-state index is 10.5. The van der Waals surface area contributed by atoms with Crippen LogP contribution < -0.4 is 0 Å². The van der Waals surface area contributed by atoms with E-state index in [2.05, 4.69) is 47.6 Å². The van der Waals surface area contributed by atoms with Gasteiger partial charge in [-0.1, -0.05) is 66.0 Å². The summed E-state index contributed by atoms with van der Waals surface area (Å²) in [4.78, 5) is 0. The number of aliphatic hydroxyl groups excluding tert-OH is 4. The van der Waals surface area contributed by atoms with Crippen LogP contribution in [0.25, 0.3) is 0 Å². The third kappa shape index (κ3) is 5.73. The minimum atomic E-state index is -1.40. The molecule has 1 saturated heterocycles. The molecule has 236 valence electrons. The number of hydrogen-bond acceptors (Lipinski definition) is 6. The van der Waals surface area contributed by atoms with Crippen molar-refractivity contribution in [1.29, 1.82) is 0 Å². The van der Waals surface area contributed by atoms with Crippen molar-refractivity contribution in [3.63, 3.8) is 0 Å². The molecule has 4 N–H and O–H groups in total. The second-order valence-electron chi connectivity index (χ2n) is 15.7. The lowest BCUT2D eigenvalue weighted by molar-refractivity contribution is -0.313. The predicted octanol–water partition coefficient (Wildman–Crippen LogP) is 5.85. The SMILES string of the molecule is CC[C@H](CC[C@@H](C)C1CCC2C3CC=C4CC(O[C@@H]5O[C@H](CO)[C@@H](O)[C@H](O)[C@H]5O)CC[C@]4(C)C3CC[C@@]21C)C(C)C. The molecule has 0 aromatic rings. The molecule has 4 fully saturated rings. The summed E-state index contributed by atoms with van der Waals surface area (Å²) in [5, 5.41) is 40.4. The molecule has 5 aliphatic rings. The Labute approximate surface area is 249 Å². The zero-order valence-corrected chi connectivity index (χ0v) is 26.7. The zero-order chi connectivity index (χ0) is 29.7. The molecule has 0 aromatic carbocycles. The van der Waals surface area contributed by atoms with Crippen LogP contribution in [0, 0.1) is 52.3 Å². The van der Waals surface area contributed by atoms with E-state index in [0.29, 0.717) is 5.41 Å². The lowest BCUT2D eigenvalue weighted by atomic mass is 9.47. The quantitative estimate of drug-likeness (QED) is 0.257. The number of fused-ring (bicyclic) bond motifs is 5. The van der Waals surface area contributed by atoms with Gasteiger partial charge in [-0.25, -0.2) is 0 Å². The summed E-state index contributed by atoms with van der Waals surface area (Å²) in [6.45, 7) is 14.5. The highest BCUT2D eigenvalue weighted by Crippen LogP contribution is 2.67. The van der Waals surface area contributed by atoms with Crippen LogP contribution in [0.4, 0.5) is 0 Å². The summed E-state index contributed by atoms with van der Waals surface area (Å²) >= 11 is 0. The first-order chi connectivity index (χ1) is 19.4. The molecule has 1 aliphatic heterocycles. The van der Waals surface area contributed by atoms with Gasteiger partial charge in [0.1, 0.15) is 24.4 Å². The molecule has 5 rings (SSSR count). The monoisotopic (exact) mass is 576 g/mol. The molecule has 0 spiro atoms. The maximum atomic E-state index is 10.5. The van der Waals surface area contributed by atoms with Gasteiger partial charge in [-0.2, -0.15) is 0 Å². The van der Waals surface area contributed by atoms with Crippen LogP contribution in [0.3, 0.4) is 0 Å². The Bertz CT molecular complexity index is 918. The second kappa shape index (κ2) is 12.5. The molecule has 5 unspecified atom stereocenters. The van der Waals surface area contributed by atoms with Gasteiger partial charge < -0.3 is 29.9 Å². The standard InChI is InChI=1S/C35H60O6/c1-7-22(20(2)3)9-8-21(4)26-12-13-27-25-11-10-23-18-24(14-16-34(23,5)28(25)15-17-35(26,27)6)40-33-32(39)31(38)30(37)29(19-36)41-33/h10,20-22,24-33,36-39H,7-9,11-19H2,1-6H3/t21-,22-,24?,25?,26?,27?,28?,29-,30-,31+,32-,33-,34+,35-/m1/s1. The van der Waals surface area contributed by atoms with E-state index < -0.39 is 37.3 Å². The van der Waals surface area contributed by atoms with E-state index in [1.54, 1.807) is 0 Å². The van der Waals surface area contributed by atoms with Crippen LogP contribution in [0.5, 0.6) is 0 Å². The molecule has 3 saturated carbocycles. The predicted molar refractivity (Wildman–Crippen MR) is 161 cm³/mol. The molecule has 0 bridgehead atoms. The Hall–Kier alpha value is -0.500. The first-order valence-electron chi connectivity index (χ1n) is 17.1. The first-order valence-corrected chi connectivity index (χ1v) is 17.1. The number of ether oxygens (including phenoxy) is 2. The Morgan fingerprint density at radius 3 is 2.39 bits per heavy atom. The van der Waals surface area contributed by atoms with Gasteiger partial charge in [0, 0.05) is 0 Å². The largest absolute Gasteiger partial charge is 0.394 e. The van der Waals surface area contributed by atoms with Gasteiger partial charge in [-0.3, -0.25) is 0 Å². The van der Waals surface area contributed by atoms with Crippen LogP contribution in [0.1, 0.15) is 112 Å².